The van der Waals surface area contributed by atoms with Crippen LogP contribution in [-0.2, 0) is 5.54 Å². The highest BCUT2D eigenvalue weighted by Crippen LogP contribution is 2.39. The molecule has 0 bridgehead atoms. The van der Waals surface area contributed by atoms with Crippen molar-refractivity contribution in [3.63, 3.8) is 0 Å². The SMILES string of the molecule is Cl.Fc1ccc(Cl)c(Cl)c1C1(Nc2ccc3ccnn3c2)CNC1. The molecule has 8 heteroatoms. The molecule has 0 amide bonds. The minimum absolute atomic E-state index is 0. The molecule has 24 heavy (non-hydrogen) atoms. The number of nitrogens with zero attached hydrogens (tertiary/aromatic N) is 2. The average Bonchev–Trinajstić information content (AvgIpc) is 2.96. The third-order valence-electron chi connectivity index (χ3n) is 4.16. The number of halogens is 4. The van der Waals surface area contributed by atoms with Crippen molar-refractivity contribution >= 4 is 46.8 Å². The predicted molar refractivity (Wildman–Crippen MR) is 97.0 cm³/mol. The lowest BCUT2D eigenvalue weighted by atomic mass is 9.83. The molecule has 1 aliphatic heterocycles. The number of anilines is 1. The average molecular weight is 388 g/mol. The molecule has 1 aromatic carbocycles. The molecule has 2 aromatic heterocycles. The quantitative estimate of drug-likeness (QED) is 0.665. The Morgan fingerprint density at radius 3 is 2.67 bits per heavy atom. The lowest BCUT2D eigenvalue weighted by molar-refractivity contribution is 0.307. The summed E-state index contributed by atoms with van der Waals surface area (Å²) in [4.78, 5) is 0. The van der Waals surface area contributed by atoms with Crippen LogP contribution in [0.5, 0.6) is 0 Å². The van der Waals surface area contributed by atoms with Crippen LogP contribution in [0.15, 0.2) is 42.7 Å². The van der Waals surface area contributed by atoms with Crippen molar-refractivity contribution in [1.29, 1.82) is 0 Å². The van der Waals surface area contributed by atoms with Crippen LogP contribution in [0.1, 0.15) is 5.56 Å². The molecule has 0 unspecified atom stereocenters. The summed E-state index contributed by atoms with van der Waals surface area (Å²) in [6, 6.07) is 8.62. The second-order valence-corrected chi connectivity index (χ2v) is 6.43. The Labute approximate surface area is 154 Å². The number of benzene rings is 1. The van der Waals surface area contributed by atoms with E-state index < -0.39 is 5.54 Å². The Hall–Kier alpha value is -1.53. The van der Waals surface area contributed by atoms with E-state index in [9.17, 15) is 4.39 Å². The molecular formula is C16H14Cl3FN4. The fourth-order valence-corrected chi connectivity index (χ4v) is 3.42. The van der Waals surface area contributed by atoms with Crippen LogP contribution >= 0.6 is 35.6 Å². The predicted octanol–water partition coefficient (Wildman–Crippen LogP) is 4.11. The van der Waals surface area contributed by atoms with Gasteiger partial charge in [0, 0.05) is 24.8 Å². The number of hydrogen-bond donors (Lipinski definition) is 2. The van der Waals surface area contributed by atoms with Crippen molar-refractivity contribution in [3.05, 3.63) is 64.2 Å². The van der Waals surface area contributed by atoms with E-state index in [4.69, 9.17) is 23.2 Å². The highest BCUT2D eigenvalue weighted by atomic mass is 35.5. The molecule has 1 aliphatic rings. The molecule has 0 aliphatic carbocycles. The molecule has 1 saturated heterocycles. The van der Waals surface area contributed by atoms with Gasteiger partial charge >= 0.3 is 0 Å². The van der Waals surface area contributed by atoms with Crippen LogP contribution in [0, 0.1) is 5.82 Å². The van der Waals surface area contributed by atoms with Crippen LogP contribution in [0.25, 0.3) is 5.52 Å². The van der Waals surface area contributed by atoms with E-state index in [0.29, 0.717) is 23.7 Å². The highest BCUT2D eigenvalue weighted by Gasteiger charge is 2.43. The van der Waals surface area contributed by atoms with Gasteiger partial charge in [0.2, 0.25) is 0 Å². The van der Waals surface area contributed by atoms with Crippen LogP contribution < -0.4 is 10.6 Å². The molecule has 1 fully saturated rings. The summed E-state index contributed by atoms with van der Waals surface area (Å²) >= 11 is 12.4. The molecule has 126 valence electrons. The van der Waals surface area contributed by atoms with E-state index in [1.54, 1.807) is 10.7 Å². The van der Waals surface area contributed by atoms with Gasteiger partial charge in [-0.1, -0.05) is 23.2 Å². The fourth-order valence-electron chi connectivity index (χ4n) is 2.93. The summed E-state index contributed by atoms with van der Waals surface area (Å²) < 4.78 is 16.2. The third kappa shape index (κ3) is 2.71. The van der Waals surface area contributed by atoms with Gasteiger partial charge in [-0.2, -0.15) is 5.10 Å². The molecule has 2 N–H and O–H groups in total. The summed E-state index contributed by atoms with van der Waals surface area (Å²) in [5, 5.41) is 11.4. The maximum atomic E-state index is 14.4. The van der Waals surface area contributed by atoms with Crippen molar-refractivity contribution in [2.24, 2.45) is 0 Å². The topological polar surface area (TPSA) is 41.4 Å². The van der Waals surface area contributed by atoms with Gasteiger partial charge in [0.15, 0.2) is 0 Å². The summed E-state index contributed by atoms with van der Waals surface area (Å²) in [5.74, 6) is -0.367. The summed E-state index contributed by atoms with van der Waals surface area (Å²) in [7, 11) is 0. The largest absolute Gasteiger partial charge is 0.372 e. The van der Waals surface area contributed by atoms with Gasteiger partial charge in [-0.05, 0) is 30.3 Å². The fraction of sp³-hybridized carbons (Fsp3) is 0.188. The van der Waals surface area contributed by atoms with Crippen LogP contribution in [-0.4, -0.2) is 22.7 Å². The van der Waals surface area contributed by atoms with Gasteiger partial charge in [-0.15, -0.1) is 12.4 Å². The van der Waals surface area contributed by atoms with Gasteiger partial charge < -0.3 is 10.6 Å². The van der Waals surface area contributed by atoms with Gasteiger partial charge in [0.25, 0.3) is 0 Å². The molecule has 3 aromatic rings. The highest BCUT2D eigenvalue weighted by molar-refractivity contribution is 6.42. The van der Waals surface area contributed by atoms with E-state index in [2.05, 4.69) is 15.7 Å². The number of pyridine rings is 1. The maximum Gasteiger partial charge on any atom is 0.130 e. The van der Waals surface area contributed by atoms with E-state index in [1.165, 1.54) is 12.1 Å². The van der Waals surface area contributed by atoms with Crippen LogP contribution in [0.4, 0.5) is 10.1 Å². The Kier molecular flexibility index (Phi) is 4.62. The number of nitrogens with one attached hydrogen (secondary N) is 2. The van der Waals surface area contributed by atoms with Crippen LogP contribution in [0.3, 0.4) is 0 Å². The number of rotatable bonds is 3. The van der Waals surface area contributed by atoms with Crippen molar-refractivity contribution in [2.75, 3.05) is 18.4 Å². The molecule has 4 rings (SSSR count). The Morgan fingerprint density at radius 2 is 1.96 bits per heavy atom. The smallest absolute Gasteiger partial charge is 0.130 e. The van der Waals surface area contributed by atoms with Crippen molar-refractivity contribution in [1.82, 2.24) is 14.9 Å². The first-order chi connectivity index (χ1) is 11.1. The Morgan fingerprint density at radius 1 is 1.17 bits per heavy atom. The lowest BCUT2D eigenvalue weighted by Gasteiger charge is -2.45. The molecule has 0 atom stereocenters. The molecule has 0 radical (unpaired) electrons. The van der Waals surface area contributed by atoms with E-state index in [1.807, 2.05) is 24.4 Å². The monoisotopic (exact) mass is 386 g/mol. The van der Waals surface area contributed by atoms with E-state index in [-0.39, 0.29) is 23.2 Å². The summed E-state index contributed by atoms with van der Waals surface area (Å²) in [6.07, 6.45) is 3.60. The zero-order valence-electron chi connectivity index (χ0n) is 12.4. The van der Waals surface area contributed by atoms with Gasteiger partial charge in [-0.25, -0.2) is 8.91 Å². The third-order valence-corrected chi connectivity index (χ3v) is 4.96. The first kappa shape index (κ1) is 17.3. The molecular weight excluding hydrogens is 374 g/mol. The normalized spacial score (nSPS) is 15.6. The Bertz CT molecular complexity index is 892. The Balaban J connectivity index is 0.00000169. The lowest BCUT2D eigenvalue weighted by Crippen LogP contribution is -2.62. The van der Waals surface area contributed by atoms with Crippen LogP contribution in [0.2, 0.25) is 10.0 Å². The molecule has 3 heterocycles. The summed E-state index contributed by atoms with van der Waals surface area (Å²) in [6.45, 7) is 1.11. The van der Waals surface area contributed by atoms with Crippen molar-refractivity contribution in [3.8, 4) is 0 Å². The minimum Gasteiger partial charge on any atom is -0.372 e. The molecule has 0 spiro atoms. The second-order valence-electron chi connectivity index (χ2n) is 5.65. The maximum absolute atomic E-state index is 14.4. The number of hydrogen-bond acceptors (Lipinski definition) is 3. The van der Waals surface area contributed by atoms with Crippen molar-refractivity contribution in [2.45, 2.75) is 5.54 Å². The van der Waals surface area contributed by atoms with Gasteiger partial charge in [0.05, 0.1) is 33.0 Å². The first-order valence-corrected chi connectivity index (χ1v) is 7.91. The van der Waals surface area contributed by atoms with Gasteiger partial charge in [0.1, 0.15) is 5.82 Å². The van der Waals surface area contributed by atoms with E-state index in [0.717, 1.165) is 11.2 Å². The summed E-state index contributed by atoms with van der Waals surface area (Å²) in [5.41, 5.74) is 1.58. The number of fused-ring (bicyclic) bond motifs is 1. The standard InChI is InChI=1S/C16H13Cl2FN4.ClH/c17-12-3-4-13(19)14(15(12)18)16(8-20-9-16)22-10-1-2-11-5-6-21-23(11)7-10;/h1-7,20,22H,8-9H2;1H. The molecule has 0 saturated carbocycles. The van der Waals surface area contributed by atoms with Gasteiger partial charge in [-0.3, -0.25) is 0 Å². The molecule has 4 nitrogen and oxygen atoms in total. The van der Waals surface area contributed by atoms with E-state index >= 15 is 0 Å². The second kappa shape index (κ2) is 6.41. The number of aromatic nitrogens is 2. The van der Waals surface area contributed by atoms with Crippen molar-refractivity contribution < 1.29 is 4.39 Å². The first-order valence-electron chi connectivity index (χ1n) is 7.15. The zero-order valence-corrected chi connectivity index (χ0v) is 14.7. The zero-order chi connectivity index (χ0) is 16.0. The minimum atomic E-state index is -0.632.